The molecule has 11 nitrogen and oxygen atoms in total. The van der Waals surface area contributed by atoms with Crippen molar-refractivity contribution >= 4 is 56.0 Å². The van der Waals surface area contributed by atoms with Crippen LogP contribution in [0.15, 0.2) is 212 Å². The van der Waals surface area contributed by atoms with E-state index in [-0.39, 0.29) is 17.0 Å². The van der Waals surface area contributed by atoms with Crippen molar-refractivity contribution in [2.24, 2.45) is 0 Å². The summed E-state index contributed by atoms with van der Waals surface area (Å²) in [5, 5.41) is 1.48. The topological polar surface area (TPSA) is 179 Å². The van der Waals surface area contributed by atoms with Gasteiger partial charge in [0.15, 0.2) is 0 Å². The van der Waals surface area contributed by atoms with Gasteiger partial charge >= 0.3 is 35.2 Å². The van der Waals surface area contributed by atoms with Gasteiger partial charge in [-0.25, -0.2) is 0 Å². The maximum absolute atomic E-state index is 9.97. The van der Waals surface area contributed by atoms with Crippen LogP contribution >= 0.6 is 0 Å². The Bertz CT molecular complexity index is 3350. The first-order valence-corrected chi connectivity index (χ1v) is 31.3. The van der Waals surface area contributed by atoms with Gasteiger partial charge in [-0.15, -0.1) is 0 Å². The molecule has 80 heavy (non-hydrogen) atoms. The lowest BCUT2D eigenvalue weighted by atomic mass is 10.2. The summed E-state index contributed by atoms with van der Waals surface area (Å²) in [6, 6.07) is 64.3. The molecule has 0 aliphatic rings. The normalized spacial score (nSPS) is 9.76. The van der Waals surface area contributed by atoms with Gasteiger partial charge in [0.2, 0.25) is 0 Å². The standard InChI is InChI=1S/C27H26O3Si.C20H6.C12H14O5Si2.C6H8O3Si.H2/c1-5-13-24(14-6-1)21-28-31(27-19-11-4-12-20-27,29-22-25-15-7-2-8-16-25)30-23-26-17-9-3-10-18-26;1-3-5-7-9-11-13-15-17-19-20-18-16-14-12-10-8-6-4-2;13-18(14,11-7-3-1-4-8-11)17-19(15,16)12-9-5-2-6-10-12;7-10(8,9)6-4-2-1-3-5-6;/h1-20H,21-23H2;1-2H3;1-10,13-16H;1-5,7-9H;1H. The second-order valence-electron chi connectivity index (χ2n) is 15.8. The number of hydrogen-bond acceptors (Lipinski definition) is 11. The molecule has 0 radical (unpaired) electrons. The molecule has 0 atom stereocenters. The minimum Gasteiger partial charge on any atom is -0.387 e. The summed E-state index contributed by atoms with van der Waals surface area (Å²) in [5.74, 6) is 45.6. The Hall–Kier alpha value is -8.99. The van der Waals surface area contributed by atoms with Crippen molar-refractivity contribution in [2.75, 3.05) is 0 Å². The zero-order valence-electron chi connectivity index (χ0n) is 43.6. The molecule has 7 rings (SSSR count). The summed E-state index contributed by atoms with van der Waals surface area (Å²) in [7, 11) is -15.9. The fourth-order valence-corrected chi connectivity index (χ4v) is 13.0. The van der Waals surface area contributed by atoms with Crippen molar-refractivity contribution in [1.29, 1.82) is 0 Å². The van der Waals surface area contributed by atoms with E-state index in [0.717, 1.165) is 21.9 Å². The minimum absolute atomic E-state index is 0. The summed E-state index contributed by atoms with van der Waals surface area (Å²) in [4.78, 5) is 66.1. The van der Waals surface area contributed by atoms with E-state index in [1.807, 2.05) is 84.9 Å². The lowest BCUT2D eigenvalue weighted by molar-refractivity contribution is 0.0564. The third-order valence-electron chi connectivity index (χ3n) is 9.88. The highest BCUT2D eigenvalue weighted by molar-refractivity contribution is 6.85. The quantitative estimate of drug-likeness (QED) is 0.0577. The number of rotatable bonds is 15. The van der Waals surface area contributed by atoms with Crippen LogP contribution in [-0.4, -0.2) is 68.8 Å². The third-order valence-corrected chi connectivity index (χ3v) is 18.0. The SMILES string of the molecule is CC#CC#CC#CC#CC#CC#CC#CC#CC#CC.O[Si](O)(O)c1ccccc1.O[Si](O)(O[Si](O)(O)c1ccccc1)c1ccccc1.[HH].c1ccc(CO[Si](OCc2ccccc2)(OCc2ccccc2)c2ccccc2)cc1. The zero-order chi connectivity index (χ0) is 57.5. The molecular weight excluding hydrogens is 1070 g/mol. The Morgan fingerprint density at radius 1 is 0.287 bits per heavy atom. The van der Waals surface area contributed by atoms with E-state index < -0.39 is 35.2 Å². The zero-order valence-corrected chi connectivity index (χ0v) is 47.6. The molecule has 398 valence electrons. The lowest BCUT2D eigenvalue weighted by Gasteiger charge is -2.30. The Morgan fingerprint density at radius 3 is 0.725 bits per heavy atom. The van der Waals surface area contributed by atoms with Crippen LogP contribution in [-0.2, 0) is 37.2 Å². The molecule has 0 saturated carbocycles. The Balaban J connectivity index is 0.000000302. The van der Waals surface area contributed by atoms with Crippen LogP contribution in [0, 0.1) is 107 Å². The Labute approximate surface area is 475 Å². The van der Waals surface area contributed by atoms with Gasteiger partial charge in [-0.2, -0.15) is 0 Å². The van der Waals surface area contributed by atoms with Gasteiger partial charge in [0.1, 0.15) is 0 Å². The molecule has 0 heterocycles. The molecule has 0 aliphatic heterocycles. The maximum atomic E-state index is 9.97. The molecular formula is C65H56O11Si4. The van der Waals surface area contributed by atoms with E-state index in [0.29, 0.717) is 19.8 Å². The lowest BCUT2D eigenvalue weighted by Crippen LogP contribution is -2.64. The van der Waals surface area contributed by atoms with Crippen LogP contribution in [0.25, 0.3) is 0 Å². The van der Waals surface area contributed by atoms with Gasteiger partial charge in [-0.3, -0.25) is 0 Å². The highest BCUT2D eigenvalue weighted by atomic mass is 28.5. The van der Waals surface area contributed by atoms with E-state index >= 15 is 0 Å². The predicted octanol–water partition coefficient (Wildman–Crippen LogP) is 4.26. The first kappa shape index (κ1) is 63.5. The molecule has 0 aliphatic carbocycles. The molecule has 7 N–H and O–H groups in total. The predicted molar refractivity (Wildman–Crippen MR) is 321 cm³/mol. The van der Waals surface area contributed by atoms with Gasteiger partial charge in [0.25, 0.3) is 0 Å². The van der Waals surface area contributed by atoms with Crippen molar-refractivity contribution in [2.45, 2.75) is 33.7 Å². The molecule has 0 amide bonds. The maximum Gasteiger partial charge on any atom is 0.538 e. The van der Waals surface area contributed by atoms with E-state index in [2.05, 4.69) is 143 Å². The average molecular weight is 1130 g/mol. The molecule has 0 saturated heterocycles. The minimum atomic E-state index is -4.34. The summed E-state index contributed by atoms with van der Waals surface area (Å²) in [6.07, 6.45) is 0. The highest BCUT2D eigenvalue weighted by Gasteiger charge is 2.48. The van der Waals surface area contributed by atoms with Crippen LogP contribution in [0.4, 0.5) is 0 Å². The number of benzene rings is 7. The fraction of sp³-hybridized carbons (Fsp3) is 0.0769. The smallest absolute Gasteiger partial charge is 0.387 e. The van der Waals surface area contributed by atoms with Gasteiger partial charge in [0.05, 0.1) is 19.8 Å². The average Bonchev–Trinajstić information content (AvgIpc) is 3.49. The number of hydrogen-bond donors (Lipinski definition) is 7. The molecule has 7 aromatic rings. The molecule has 0 aromatic heterocycles. The molecule has 15 heteroatoms. The summed E-state index contributed by atoms with van der Waals surface area (Å²) in [6.45, 7) is 4.67. The Kier molecular flexibility index (Phi) is 28.7. The van der Waals surface area contributed by atoms with Crippen LogP contribution in [0.3, 0.4) is 0 Å². The van der Waals surface area contributed by atoms with Gasteiger partial charge in [-0.05, 0) is 125 Å². The Morgan fingerprint density at radius 2 is 0.500 bits per heavy atom. The first-order chi connectivity index (χ1) is 38.8. The van der Waals surface area contributed by atoms with Gasteiger partial charge < -0.3 is 51.0 Å². The molecule has 0 unspecified atom stereocenters. The molecule has 7 aromatic carbocycles. The van der Waals surface area contributed by atoms with Crippen molar-refractivity contribution in [3.05, 3.63) is 229 Å². The van der Waals surface area contributed by atoms with Crippen LogP contribution in [0.2, 0.25) is 0 Å². The second kappa shape index (κ2) is 36.2. The summed E-state index contributed by atoms with van der Waals surface area (Å²) < 4.78 is 24.5. The van der Waals surface area contributed by atoms with E-state index in [4.69, 9.17) is 31.8 Å². The third kappa shape index (κ3) is 25.4. The van der Waals surface area contributed by atoms with E-state index in [9.17, 15) is 19.2 Å². The van der Waals surface area contributed by atoms with Crippen molar-refractivity contribution in [3.63, 3.8) is 0 Å². The van der Waals surface area contributed by atoms with Crippen molar-refractivity contribution < 1.29 is 52.4 Å². The van der Waals surface area contributed by atoms with Crippen LogP contribution < -0.4 is 20.7 Å². The summed E-state index contributed by atoms with van der Waals surface area (Å²) >= 11 is 0. The van der Waals surface area contributed by atoms with Crippen LogP contribution in [0.5, 0.6) is 0 Å². The fourth-order valence-electron chi connectivity index (χ4n) is 6.13. The molecule has 0 bridgehead atoms. The molecule has 0 spiro atoms. The van der Waals surface area contributed by atoms with Gasteiger partial charge in [0, 0.05) is 22.2 Å². The second-order valence-corrected chi connectivity index (χ2v) is 24.6. The van der Waals surface area contributed by atoms with Gasteiger partial charge in [-0.1, -0.05) is 224 Å². The molecule has 0 fully saturated rings. The van der Waals surface area contributed by atoms with Crippen molar-refractivity contribution in [1.82, 2.24) is 0 Å². The van der Waals surface area contributed by atoms with Crippen LogP contribution in [0.1, 0.15) is 32.0 Å². The van der Waals surface area contributed by atoms with E-state index in [1.54, 1.807) is 68.4 Å². The van der Waals surface area contributed by atoms with Crippen molar-refractivity contribution in [3.8, 4) is 107 Å². The first-order valence-electron chi connectivity index (χ1n) is 24.1. The highest BCUT2D eigenvalue weighted by Crippen LogP contribution is 2.19. The van der Waals surface area contributed by atoms with E-state index in [1.165, 1.54) is 36.4 Å². The largest absolute Gasteiger partial charge is 0.538 e. The monoisotopic (exact) mass is 1120 g/mol. The summed E-state index contributed by atoms with van der Waals surface area (Å²) in [5.41, 5.74) is 3.26.